The van der Waals surface area contributed by atoms with E-state index < -0.39 is 23.6 Å². The van der Waals surface area contributed by atoms with Gasteiger partial charge in [-0.15, -0.1) is 0 Å². The van der Waals surface area contributed by atoms with Gasteiger partial charge in [-0.1, -0.05) is 0 Å². The predicted molar refractivity (Wildman–Crippen MR) is 95.9 cm³/mol. The Morgan fingerprint density at radius 1 is 1.00 bits per heavy atom. The largest absolute Gasteiger partial charge is 0.497 e. The molecule has 0 spiro atoms. The number of ether oxygens (including phenoxy) is 1. The van der Waals surface area contributed by atoms with Crippen LogP contribution < -0.4 is 20.7 Å². The molecule has 0 saturated heterocycles. The smallest absolute Gasteiger partial charge is 0.418 e. The quantitative estimate of drug-likeness (QED) is 0.713. The normalized spacial score (nSPS) is 10.9. The average Bonchev–Trinajstić information content (AvgIpc) is 2.60. The van der Waals surface area contributed by atoms with Crippen molar-refractivity contribution < 1.29 is 27.5 Å². The molecule has 144 valence electrons. The molecule has 0 aliphatic carbocycles. The van der Waals surface area contributed by atoms with Gasteiger partial charge in [0.15, 0.2) is 0 Å². The number of amides is 2. The molecule has 2 amide bonds. The minimum absolute atomic E-state index is 0.0167. The molecule has 0 heterocycles. The molecular weight excluding hydrogens is 363 g/mol. The summed E-state index contributed by atoms with van der Waals surface area (Å²) in [7, 11) is 1.51. The third-order valence-corrected chi connectivity index (χ3v) is 3.46. The van der Waals surface area contributed by atoms with E-state index in [4.69, 9.17) is 4.74 Å². The highest BCUT2D eigenvalue weighted by atomic mass is 19.4. The summed E-state index contributed by atoms with van der Waals surface area (Å²) >= 11 is 0. The Morgan fingerprint density at radius 3 is 2.19 bits per heavy atom. The van der Waals surface area contributed by atoms with Gasteiger partial charge in [0.25, 0.3) is 0 Å². The second-order valence-electron chi connectivity index (χ2n) is 5.57. The van der Waals surface area contributed by atoms with Crippen LogP contribution in [0.2, 0.25) is 0 Å². The molecule has 0 unspecified atom stereocenters. The van der Waals surface area contributed by atoms with Crippen LogP contribution in [0, 0.1) is 0 Å². The fraction of sp³-hybridized carbons (Fsp3) is 0.222. The Kier molecular flexibility index (Phi) is 6.27. The highest BCUT2D eigenvalue weighted by Crippen LogP contribution is 2.36. The second-order valence-corrected chi connectivity index (χ2v) is 5.57. The van der Waals surface area contributed by atoms with Crippen molar-refractivity contribution in [2.45, 2.75) is 13.1 Å². The molecule has 2 aromatic carbocycles. The summed E-state index contributed by atoms with van der Waals surface area (Å²) in [6, 6.07) is 9.80. The van der Waals surface area contributed by atoms with E-state index in [1.54, 1.807) is 24.3 Å². The maximum atomic E-state index is 13.2. The summed E-state index contributed by atoms with van der Waals surface area (Å²) in [6.07, 6.45) is -4.65. The summed E-state index contributed by atoms with van der Waals surface area (Å²) in [5.41, 5.74) is -0.741. The number of hydrogen-bond donors (Lipinski definition) is 3. The number of carbonyl (C=O) groups is 2. The molecule has 0 bridgehead atoms. The Bertz CT molecular complexity index is 821. The molecule has 9 heteroatoms. The van der Waals surface area contributed by atoms with Crippen molar-refractivity contribution in [2.75, 3.05) is 29.6 Å². The van der Waals surface area contributed by atoms with Crippen molar-refractivity contribution in [1.29, 1.82) is 0 Å². The maximum absolute atomic E-state index is 13.2. The van der Waals surface area contributed by atoms with Gasteiger partial charge in [-0.25, -0.2) is 0 Å². The lowest BCUT2D eigenvalue weighted by molar-refractivity contribution is -0.137. The monoisotopic (exact) mass is 381 g/mol. The van der Waals surface area contributed by atoms with Crippen molar-refractivity contribution in [3.63, 3.8) is 0 Å². The fourth-order valence-electron chi connectivity index (χ4n) is 2.27. The lowest BCUT2D eigenvalue weighted by Gasteiger charge is -2.16. The minimum Gasteiger partial charge on any atom is -0.497 e. The Balaban J connectivity index is 2.06. The van der Waals surface area contributed by atoms with Gasteiger partial charge < -0.3 is 20.7 Å². The number of carbonyl (C=O) groups excluding carboxylic acids is 2. The van der Waals surface area contributed by atoms with Crippen LogP contribution in [-0.2, 0) is 15.8 Å². The molecule has 27 heavy (non-hydrogen) atoms. The van der Waals surface area contributed by atoms with E-state index in [2.05, 4.69) is 16.0 Å². The first-order valence-corrected chi connectivity index (χ1v) is 7.85. The molecule has 0 saturated carbocycles. The van der Waals surface area contributed by atoms with Gasteiger partial charge in [0.05, 0.1) is 19.2 Å². The fourth-order valence-corrected chi connectivity index (χ4v) is 2.27. The van der Waals surface area contributed by atoms with Gasteiger partial charge >= 0.3 is 6.18 Å². The number of methoxy groups -OCH3 is 1. The SMILES string of the molecule is COc1ccc(NC(=O)CNc2ccc(NC(C)=O)cc2C(F)(F)F)cc1. The zero-order chi connectivity index (χ0) is 20.0. The number of rotatable bonds is 6. The first-order valence-electron chi connectivity index (χ1n) is 7.85. The first kappa shape index (κ1) is 20.1. The highest BCUT2D eigenvalue weighted by Gasteiger charge is 2.34. The Morgan fingerprint density at radius 2 is 1.63 bits per heavy atom. The average molecular weight is 381 g/mol. The van der Waals surface area contributed by atoms with E-state index in [9.17, 15) is 22.8 Å². The standard InChI is InChI=1S/C18H18F3N3O3/c1-11(25)23-13-5-8-16(15(9-13)18(19,20)21)22-10-17(26)24-12-3-6-14(27-2)7-4-12/h3-9,22H,10H2,1-2H3,(H,23,25)(H,24,26). The molecule has 0 aliphatic heterocycles. The number of hydrogen-bond acceptors (Lipinski definition) is 4. The number of anilines is 3. The van der Waals surface area contributed by atoms with E-state index in [0.717, 1.165) is 12.1 Å². The van der Waals surface area contributed by atoms with Gasteiger partial charge in [0, 0.05) is 24.0 Å². The lowest BCUT2D eigenvalue weighted by atomic mass is 10.1. The zero-order valence-electron chi connectivity index (χ0n) is 14.6. The highest BCUT2D eigenvalue weighted by molar-refractivity contribution is 5.94. The molecule has 0 atom stereocenters. The number of alkyl halides is 3. The second kappa shape index (κ2) is 8.43. The number of nitrogens with one attached hydrogen (secondary N) is 3. The molecule has 2 rings (SSSR count). The molecule has 0 radical (unpaired) electrons. The van der Waals surface area contributed by atoms with Gasteiger partial charge in [0.2, 0.25) is 11.8 Å². The van der Waals surface area contributed by atoms with Crippen LogP contribution in [0.15, 0.2) is 42.5 Å². The lowest BCUT2D eigenvalue weighted by Crippen LogP contribution is -2.23. The summed E-state index contributed by atoms with van der Waals surface area (Å²) in [5, 5.41) is 7.33. The molecule has 3 N–H and O–H groups in total. The summed E-state index contributed by atoms with van der Waals surface area (Å²) in [4.78, 5) is 23.0. The molecule has 6 nitrogen and oxygen atoms in total. The summed E-state index contributed by atoms with van der Waals surface area (Å²) in [5.74, 6) is -0.387. The number of benzene rings is 2. The van der Waals surface area contributed by atoms with Gasteiger partial charge in [-0.3, -0.25) is 9.59 Å². The van der Waals surface area contributed by atoms with Crippen molar-refractivity contribution >= 4 is 28.9 Å². The predicted octanol–water partition coefficient (Wildman–Crippen LogP) is 3.72. The third-order valence-electron chi connectivity index (χ3n) is 3.46. The molecule has 0 aliphatic rings. The topological polar surface area (TPSA) is 79.5 Å². The van der Waals surface area contributed by atoms with Crippen LogP contribution in [-0.4, -0.2) is 25.5 Å². The molecule has 0 aromatic heterocycles. The van der Waals surface area contributed by atoms with Gasteiger partial charge in [-0.2, -0.15) is 13.2 Å². The van der Waals surface area contributed by atoms with Crippen molar-refractivity contribution in [2.24, 2.45) is 0 Å². The van der Waals surface area contributed by atoms with Crippen LogP contribution in [0.1, 0.15) is 12.5 Å². The van der Waals surface area contributed by atoms with E-state index in [1.165, 1.54) is 20.1 Å². The van der Waals surface area contributed by atoms with Crippen LogP contribution in [0.5, 0.6) is 5.75 Å². The van der Waals surface area contributed by atoms with Crippen LogP contribution in [0.4, 0.5) is 30.2 Å². The van der Waals surface area contributed by atoms with E-state index in [0.29, 0.717) is 11.4 Å². The Labute approximate surface area is 153 Å². The third kappa shape index (κ3) is 5.91. The van der Waals surface area contributed by atoms with E-state index in [-0.39, 0.29) is 17.9 Å². The van der Waals surface area contributed by atoms with Gasteiger partial charge in [0.1, 0.15) is 5.75 Å². The van der Waals surface area contributed by atoms with Crippen LogP contribution in [0.3, 0.4) is 0 Å². The summed E-state index contributed by atoms with van der Waals surface area (Å²) in [6.45, 7) is 0.831. The molecule has 2 aromatic rings. The van der Waals surface area contributed by atoms with E-state index >= 15 is 0 Å². The molecule has 0 fully saturated rings. The maximum Gasteiger partial charge on any atom is 0.418 e. The van der Waals surface area contributed by atoms with Crippen LogP contribution in [0.25, 0.3) is 0 Å². The Hall–Kier alpha value is -3.23. The molecular formula is C18H18F3N3O3. The van der Waals surface area contributed by atoms with Crippen molar-refractivity contribution in [3.8, 4) is 5.75 Å². The van der Waals surface area contributed by atoms with Crippen molar-refractivity contribution in [3.05, 3.63) is 48.0 Å². The van der Waals surface area contributed by atoms with Gasteiger partial charge in [-0.05, 0) is 42.5 Å². The minimum atomic E-state index is -4.65. The summed E-state index contributed by atoms with van der Waals surface area (Å²) < 4.78 is 44.7. The van der Waals surface area contributed by atoms with Crippen molar-refractivity contribution in [1.82, 2.24) is 0 Å². The van der Waals surface area contributed by atoms with E-state index in [1.807, 2.05) is 0 Å². The zero-order valence-corrected chi connectivity index (χ0v) is 14.6. The van der Waals surface area contributed by atoms with Crippen LogP contribution >= 0.6 is 0 Å². The first-order chi connectivity index (χ1) is 12.7. The number of halogens is 3.